The number of halogens is 1. The van der Waals surface area contributed by atoms with Crippen LogP contribution in [0, 0.1) is 0 Å². The molecule has 0 aliphatic carbocycles. The highest BCUT2D eigenvalue weighted by molar-refractivity contribution is 9.10. The highest BCUT2D eigenvalue weighted by Gasteiger charge is 2.20. The summed E-state index contributed by atoms with van der Waals surface area (Å²) >= 11 is 3.52. The van der Waals surface area contributed by atoms with Crippen molar-refractivity contribution in [3.63, 3.8) is 0 Å². The number of fused-ring (bicyclic) bond motifs is 4. The van der Waals surface area contributed by atoms with Gasteiger partial charge in [-0.15, -0.1) is 0 Å². The van der Waals surface area contributed by atoms with Crippen LogP contribution >= 0.6 is 15.9 Å². The third-order valence-electron chi connectivity index (χ3n) is 6.01. The van der Waals surface area contributed by atoms with Gasteiger partial charge >= 0.3 is 5.97 Å². The van der Waals surface area contributed by atoms with Gasteiger partial charge in [-0.1, -0.05) is 52.3 Å². The van der Waals surface area contributed by atoms with Crippen LogP contribution in [0.3, 0.4) is 0 Å². The van der Waals surface area contributed by atoms with E-state index in [-0.39, 0.29) is 12.5 Å². The van der Waals surface area contributed by atoms with Crippen molar-refractivity contribution >= 4 is 55.2 Å². The van der Waals surface area contributed by atoms with Crippen molar-refractivity contribution in [2.45, 2.75) is 0 Å². The van der Waals surface area contributed by atoms with Gasteiger partial charge in [-0.05, 0) is 36.4 Å². The monoisotopic (exact) mass is 525 g/mol. The largest absolute Gasteiger partial charge is 0.468 e. The van der Waals surface area contributed by atoms with E-state index in [1.165, 1.54) is 7.11 Å². The molecule has 0 fully saturated rings. The summed E-state index contributed by atoms with van der Waals surface area (Å²) in [6.07, 6.45) is 1.91. The van der Waals surface area contributed by atoms with E-state index in [0.29, 0.717) is 17.2 Å². The van der Waals surface area contributed by atoms with Crippen LogP contribution in [0.25, 0.3) is 50.1 Å². The van der Waals surface area contributed by atoms with Gasteiger partial charge in [-0.25, -0.2) is 9.97 Å². The van der Waals surface area contributed by atoms with Crippen LogP contribution in [0.5, 0.6) is 0 Å². The van der Waals surface area contributed by atoms with Gasteiger partial charge in [0.15, 0.2) is 0 Å². The fraction of sp³-hybridized carbons (Fsp3) is 0.0741. The minimum absolute atomic E-state index is 0.0150. The Labute approximate surface area is 208 Å². The summed E-state index contributed by atoms with van der Waals surface area (Å²) in [7, 11) is 1.37. The first-order valence-electron chi connectivity index (χ1n) is 11.1. The van der Waals surface area contributed by atoms with Crippen molar-refractivity contribution in [2.24, 2.45) is 0 Å². The van der Waals surface area contributed by atoms with E-state index >= 15 is 0 Å². The number of carbonyl (C=O) groups excluding carboxylic acids is 1. The van der Waals surface area contributed by atoms with Crippen LogP contribution < -0.4 is 5.32 Å². The Hall–Kier alpha value is -4.17. The van der Waals surface area contributed by atoms with Crippen molar-refractivity contribution in [3.8, 4) is 22.6 Å². The predicted octanol–water partition coefficient (Wildman–Crippen LogP) is 6.05. The van der Waals surface area contributed by atoms with E-state index < -0.39 is 0 Å². The number of anilines is 1. The molecule has 0 unspecified atom stereocenters. The summed E-state index contributed by atoms with van der Waals surface area (Å²) < 4.78 is 7.75. The van der Waals surface area contributed by atoms with Gasteiger partial charge in [0.05, 0.1) is 24.0 Å². The molecule has 6 rings (SSSR count). The van der Waals surface area contributed by atoms with Gasteiger partial charge in [0, 0.05) is 32.5 Å². The zero-order chi connectivity index (χ0) is 23.9. The van der Waals surface area contributed by atoms with Gasteiger partial charge < -0.3 is 15.0 Å². The molecule has 172 valence electrons. The minimum atomic E-state index is -0.363. The van der Waals surface area contributed by atoms with Gasteiger partial charge in [-0.3, -0.25) is 9.20 Å². The lowest BCUT2D eigenvalue weighted by Gasteiger charge is -2.10. The molecule has 8 heteroatoms. The molecule has 0 bridgehead atoms. The summed E-state index contributed by atoms with van der Waals surface area (Å²) in [5.74, 6) is 0.317. The number of pyridine rings is 2. The maximum absolute atomic E-state index is 11.9. The summed E-state index contributed by atoms with van der Waals surface area (Å²) in [6.45, 7) is 0.0150. The molecule has 0 aliphatic heterocycles. The Morgan fingerprint density at radius 1 is 1.00 bits per heavy atom. The first-order chi connectivity index (χ1) is 17.1. The Morgan fingerprint density at radius 3 is 2.63 bits per heavy atom. The van der Waals surface area contributed by atoms with E-state index in [0.717, 1.165) is 43.2 Å². The number of nitrogens with one attached hydrogen (secondary N) is 2. The lowest BCUT2D eigenvalue weighted by Crippen LogP contribution is -2.16. The average molecular weight is 526 g/mol. The number of para-hydroxylation sites is 1. The van der Waals surface area contributed by atoms with Crippen LogP contribution in [0.4, 0.5) is 5.82 Å². The molecular formula is C27H20BrN5O2. The van der Waals surface area contributed by atoms with Crippen molar-refractivity contribution in [1.82, 2.24) is 19.4 Å². The van der Waals surface area contributed by atoms with Crippen LogP contribution in [-0.4, -0.2) is 39.0 Å². The van der Waals surface area contributed by atoms with Crippen molar-refractivity contribution < 1.29 is 9.53 Å². The van der Waals surface area contributed by atoms with Gasteiger partial charge in [-0.2, -0.15) is 0 Å². The van der Waals surface area contributed by atoms with E-state index in [9.17, 15) is 4.79 Å². The number of rotatable bonds is 5. The molecule has 6 aromatic rings. The Kier molecular flexibility index (Phi) is 5.22. The van der Waals surface area contributed by atoms with Crippen molar-refractivity contribution in [3.05, 3.63) is 83.5 Å². The number of imidazole rings is 1. The lowest BCUT2D eigenvalue weighted by atomic mass is 10.1. The third kappa shape index (κ3) is 3.72. The number of ether oxygens (including phenoxy) is 1. The second kappa shape index (κ2) is 8.56. The topological polar surface area (TPSA) is 84.3 Å². The first-order valence-corrected chi connectivity index (χ1v) is 11.9. The van der Waals surface area contributed by atoms with E-state index in [1.54, 1.807) is 0 Å². The molecule has 0 aliphatic rings. The molecule has 4 heterocycles. The zero-order valence-corrected chi connectivity index (χ0v) is 20.3. The molecule has 0 saturated heterocycles. The third-order valence-corrected chi connectivity index (χ3v) is 6.54. The first kappa shape index (κ1) is 21.4. The van der Waals surface area contributed by atoms with Gasteiger partial charge in [0.2, 0.25) is 0 Å². The number of hydrogen-bond acceptors (Lipinski definition) is 5. The zero-order valence-electron chi connectivity index (χ0n) is 18.7. The number of aromatic amines is 1. The number of esters is 1. The highest BCUT2D eigenvalue weighted by atomic mass is 79.9. The molecule has 0 amide bonds. The Balaban J connectivity index is 1.63. The Bertz CT molecular complexity index is 1720. The standard InChI is InChI=1S/C27H20BrN5O2/c1-35-23(34)15-29-27-26(32-22-8-4-5-13-33(22)27)21-14-19-18-6-2-3-7-20(18)30-25(19)24(31-21)16-9-11-17(28)12-10-16/h2-14,29-30H,15H2,1H3. The summed E-state index contributed by atoms with van der Waals surface area (Å²) in [5, 5.41) is 5.37. The van der Waals surface area contributed by atoms with Gasteiger partial charge in [0.1, 0.15) is 23.7 Å². The van der Waals surface area contributed by atoms with E-state index in [2.05, 4.69) is 44.4 Å². The summed E-state index contributed by atoms with van der Waals surface area (Å²) in [4.78, 5) is 25.4. The molecule has 0 radical (unpaired) electrons. The number of hydrogen-bond donors (Lipinski definition) is 2. The molecule has 0 saturated carbocycles. The maximum atomic E-state index is 11.9. The molecule has 2 aromatic carbocycles. The maximum Gasteiger partial charge on any atom is 0.325 e. The molecule has 2 N–H and O–H groups in total. The molecule has 4 aromatic heterocycles. The predicted molar refractivity (Wildman–Crippen MR) is 141 cm³/mol. The number of methoxy groups -OCH3 is 1. The van der Waals surface area contributed by atoms with E-state index in [1.807, 2.05) is 65.2 Å². The van der Waals surface area contributed by atoms with Crippen LogP contribution in [0.2, 0.25) is 0 Å². The second-order valence-electron chi connectivity index (χ2n) is 8.12. The normalized spacial score (nSPS) is 11.4. The molecule has 0 spiro atoms. The summed E-state index contributed by atoms with van der Waals surface area (Å²) in [5.41, 5.74) is 5.93. The molecular weight excluding hydrogens is 506 g/mol. The SMILES string of the molecule is COC(=O)CNc1c(-c2cc3c([nH]c4ccccc43)c(-c3ccc(Br)cc3)n2)nc2ccccn12. The average Bonchev–Trinajstić information content (AvgIpc) is 3.45. The highest BCUT2D eigenvalue weighted by Crippen LogP contribution is 2.37. The fourth-order valence-corrected chi connectivity index (χ4v) is 4.62. The lowest BCUT2D eigenvalue weighted by molar-refractivity contribution is -0.138. The molecule has 35 heavy (non-hydrogen) atoms. The van der Waals surface area contributed by atoms with Gasteiger partial charge in [0.25, 0.3) is 0 Å². The van der Waals surface area contributed by atoms with Crippen LogP contribution in [0.15, 0.2) is 83.5 Å². The Morgan fingerprint density at radius 2 is 1.80 bits per heavy atom. The van der Waals surface area contributed by atoms with Crippen LogP contribution in [0.1, 0.15) is 0 Å². The van der Waals surface area contributed by atoms with Crippen molar-refractivity contribution in [2.75, 3.05) is 19.0 Å². The quantitative estimate of drug-likeness (QED) is 0.268. The van der Waals surface area contributed by atoms with E-state index in [4.69, 9.17) is 14.7 Å². The smallest absolute Gasteiger partial charge is 0.325 e. The number of aromatic nitrogens is 4. The number of carbonyl (C=O) groups is 1. The minimum Gasteiger partial charge on any atom is -0.468 e. The number of nitrogens with zero attached hydrogens (tertiary/aromatic N) is 3. The summed E-state index contributed by atoms with van der Waals surface area (Å²) in [6, 6.07) is 24.1. The number of benzene rings is 2. The number of H-pyrrole nitrogens is 1. The fourth-order valence-electron chi connectivity index (χ4n) is 4.36. The van der Waals surface area contributed by atoms with Crippen LogP contribution in [-0.2, 0) is 9.53 Å². The molecule has 0 atom stereocenters. The second-order valence-corrected chi connectivity index (χ2v) is 9.04. The van der Waals surface area contributed by atoms with Crippen molar-refractivity contribution in [1.29, 1.82) is 0 Å². The molecule has 7 nitrogen and oxygen atoms in total.